The fourth-order valence-corrected chi connectivity index (χ4v) is 2.90. The summed E-state index contributed by atoms with van der Waals surface area (Å²) in [4.78, 5) is 24.9. The minimum absolute atomic E-state index is 0.0330. The van der Waals surface area contributed by atoms with E-state index in [2.05, 4.69) is 6.92 Å². The molecule has 1 aliphatic rings. The number of piperidine rings is 1. The molecule has 0 bridgehead atoms. The van der Waals surface area contributed by atoms with Gasteiger partial charge in [0, 0.05) is 19.5 Å². The van der Waals surface area contributed by atoms with Gasteiger partial charge in [0.25, 0.3) is 0 Å². The molecule has 5 nitrogen and oxygen atoms in total. The van der Waals surface area contributed by atoms with Crippen LogP contribution >= 0.6 is 0 Å². The lowest BCUT2D eigenvalue weighted by Gasteiger charge is -2.36. The van der Waals surface area contributed by atoms with Gasteiger partial charge in [0.2, 0.25) is 5.91 Å². The summed E-state index contributed by atoms with van der Waals surface area (Å²) in [6, 6.07) is -0.400. The number of carboxylic acid groups (broad SMARTS) is 1. The Morgan fingerprint density at radius 1 is 1.45 bits per heavy atom. The summed E-state index contributed by atoms with van der Waals surface area (Å²) in [6.07, 6.45) is 4.87. The van der Waals surface area contributed by atoms with Crippen molar-refractivity contribution < 1.29 is 14.7 Å². The summed E-state index contributed by atoms with van der Waals surface area (Å²) in [6.45, 7) is 5.47. The maximum absolute atomic E-state index is 12.3. The first-order valence-corrected chi connectivity index (χ1v) is 7.71. The summed E-state index contributed by atoms with van der Waals surface area (Å²) in [5.41, 5.74) is 5.95. The van der Waals surface area contributed by atoms with Crippen LogP contribution in [0.2, 0.25) is 0 Å². The topological polar surface area (TPSA) is 83.6 Å². The van der Waals surface area contributed by atoms with Crippen molar-refractivity contribution in [1.82, 2.24) is 4.90 Å². The molecule has 1 fully saturated rings. The Labute approximate surface area is 121 Å². The van der Waals surface area contributed by atoms with Gasteiger partial charge in [0.05, 0.1) is 6.04 Å². The third-order valence-electron chi connectivity index (χ3n) is 4.26. The van der Waals surface area contributed by atoms with Crippen LogP contribution in [-0.2, 0) is 9.59 Å². The molecule has 0 spiro atoms. The van der Waals surface area contributed by atoms with E-state index >= 15 is 0 Å². The van der Waals surface area contributed by atoms with Crippen molar-refractivity contribution in [3.05, 3.63) is 0 Å². The SMILES string of the molecule is CCCC[C@H](N)C(=O)N1CCCC(C(C)CC(=O)O)C1. The van der Waals surface area contributed by atoms with Gasteiger partial charge in [-0.25, -0.2) is 0 Å². The Morgan fingerprint density at radius 3 is 2.75 bits per heavy atom. The number of carbonyl (C=O) groups excluding carboxylic acids is 1. The molecule has 2 unspecified atom stereocenters. The average molecular weight is 284 g/mol. The zero-order chi connectivity index (χ0) is 15.1. The lowest BCUT2D eigenvalue weighted by atomic mass is 9.84. The lowest BCUT2D eigenvalue weighted by molar-refractivity contribution is -0.138. The van der Waals surface area contributed by atoms with Crippen LogP contribution in [0.5, 0.6) is 0 Å². The van der Waals surface area contributed by atoms with Crippen molar-refractivity contribution in [2.45, 2.75) is 58.4 Å². The average Bonchev–Trinajstić information content (AvgIpc) is 2.43. The number of carbonyl (C=O) groups is 2. The number of aliphatic carboxylic acids is 1. The Kier molecular flexibility index (Phi) is 6.99. The molecule has 0 aliphatic carbocycles. The molecule has 3 N–H and O–H groups in total. The van der Waals surface area contributed by atoms with Gasteiger partial charge in [-0.2, -0.15) is 0 Å². The Morgan fingerprint density at radius 2 is 2.15 bits per heavy atom. The molecule has 1 amide bonds. The van der Waals surface area contributed by atoms with E-state index in [-0.39, 0.29) is 24.2 Å². The van der Waals surface area contributed by atoms with Gasteiger partial charge in [0.15, 0.2) is 0 Å². The summed E-state index contributed by atoms with van der Waals surface area (Å²) < 4.78 is 0. The molecule has 0 radical (unpaired) electrons. The molecule has 20 heavy (non-hydrogen) atoms. The van der Waals surface area contributed by atoms with Crippen molar-refractivity contribution in [2.24, 2.45) is 17.6 Å². The Bertz CT molecular complexity index is 333. The predicted molar refractivity (Wildman–Crippen MR) is 78.2 cm³/mol. The van der Waals surface area contributed by atoms with Gasteiger partial charge in [-0.05, 0) is 31.1 Å². The molecule has 116 valence electrons. The van der Waals surface area contributed by atoms with Crippen molar-refractivity contribution in [1.29, 1.82) is 0 Å². The molecule has 3 atom stereocenters. The molecule has 1 rings (SSSR count). The second-order valence-electron chi connectivity index (χ2n) is 6.01. The molecule has 0 saturated carbocycles. The van der Waals surface area contributed by atoms with Crippen molar-refractivity contribution in [2.75, 3.05) is 13.1 Å². The van der Waals surface area contributed by atoms with Crippen molar-refractivity contribution >= 4 is 11.9 Å². The first-order chi connectivity index (χ1) is 9.45. The highest BCUT2D eigenvalue weighted by atomic mass is 16.4. The Balaban J connectivity index is 2.51. The number of likely N-dealkylation sites (tertiary alicyclic amines) is 1. The van der Waals surface area contributed by atoms with E-state index < -0.39 is 12.0 Å². The molecular formula is C15H28N2O3. The van der Waals surface area contributed by atoms with Crippen LogP contribution in [0, 0.1) is 11.8 Å². The van der Waals surface area contributed by atoms with E-state index in [0.29, 0.717) is 6.54 Å². The highest BCUT2D eigenvalue weighted by Crippen LogP contribution is 2.26. The number of rotatable bonds is 7. The van der Waals surface area contributed by atoms with E-state index in [1.54, 1.807) is 0 Å². The third-order valence-corrected chi connectivity index (χ3v) is 4.26. The van der Waals surface area contributed by atoms with Crippen molar-refractivity contribution in [3.63, 3.8) is 0 Å². The maximum Gasteiger partial charge on any atom is 0.303 e. The van der Waals surface area contributed by atoms with Gasteiger partial charge in [-0.1, -0.05) is 26.7 Å². The van der Waals surface area contributed by atoms with E-state index in [1.807, 2.05) is 11.8 Å². The highest BCUT2D eigenvalue weighted by Gasteiger charge is 2.30. The minimum atomic E-state index is -0.763. The standard InChI is InChI=1S/C15H28N2O3/c1-3-4-7-13(16)15(20)17-8-5-6-12(10-17)11(2)9-14(18)19/h11-13H,3-10,16H2,1-2H3,(H,18,19)/t11?,12?,13-/m0/s1. The van der Waals surface area contributed by atoms with Gasteiger partial charge in [-0.3, -0.25) is 9.59 Å². The van der Waals surface area contributed by atoms with E-state index in [0.717, 1.165) is 38.6 Å². The molecule has 1 saturated heterocycles. The van der Waals surface area contributed by atoms with Crippen LogP contribution in [0.1, 0.15) is 52.4 Å². The second-order valence-corrected chi connectivity index (χ2v) is 6.01. The lowest BCUT2D eigenvalue weighted by Crippen LogP contribution is -2.49. The first kappa shape index (κ1) is 17.0. The number of hydrogen-bond acceptors (Lipinski definition) is 3. The Hall–Kier alpha value is -1.10. The van der Waals surface area contributed by atoms with Gasteiger partial charge >= 0.3 is 5.97 Å². The number of unbranched alkanes of at least 4 members (excludes halogenated alkanes) is 1. The monoisotopic (exact) mass is 284 g/mol. The molecule has 0 aromatic rings. The van der Waals surface area contributed by atoms with Crippen LogP contribution in [0.15, 0.2) is 0 Å². The highest BCUT2D eigenvalue weighted by molar-refractivity contribution is 5.81. The second kappa shape index (κ2) is 8.25. The van der Waals surface area contributed by atoms with Crippen LogP contribution in [0.3, 0.4) is 0 Å². The molecule has 1 aliphatic heterocycles. The fourth-order valence-electron chi connectivity index (χ4n) is 2.90. The third kappa shape index (κ3) is 5.12. The van der Waals surface area contributed by atoms with Crippen LogP contribution in [-0.4, -0.2) is 41.0 Å². The van der Waals surface area contributed by atoms with E-state index in [4.69, 9.17) is 10.8 Å². The maximum atomic E-state index is 12.3. The first-order valence-electron chi connectivity index (χ1n) is 7.71. The van der Waals surface area contributed by atoms with Gasteiger partial charge in [0.1, 0.15) is 0 Å². The smallest absolute Gasteiger partial charge is 0.303 e. The van der Waals surface area contributed by atoms with Crippen LogP contribution < -0.4 is 5.73 Å². The zero-order valence-corrected chi connectivity index (χ0v) is 12.7. The van der Waals surface area contributed by atoms with Crippen molar-refractivity contribution in [3.8, 4) is 0 Å². The van der Waals surface area contributed by atoms with E-state index in [1.165, 1.54) is 0 Å². The normalized spacial score (nSPS) is 22.4. The number of nitrogens with two attached hydrogens (primary N) is 1. The predicted octanol–water partition coefficient (Wildman–Crippen LogP) is 1.85. The largest absolute Gasteiger partial charge is 0.481 e. The van der Waals surface area contributed by atoms with Gasteiger partial charge < -0.3 is 15.7 Å². The summed E-state index contributed by atoms with van der Waals surface area (Å²) >= 11 is 0. The summed E-state index contributed by atoms with van der Waals surface area (Å²) in [7, 11) is 0. The van der Waals surface area contributed by atoms with E-state index in [9.17, 15) is 9.59 Å². The molecule has 5 heteroatoms. The van der Waals surface area contributed by atoms with Crippen LogP contribution in [0.4, 0.5) is 0 Å². The quantitative estimate of drug-likeness (QED) is 0.747. The summed E-state index contributed by atoms with van der Waals surface area (Å²) in [5, 5.41) is 8.87. The minimum Gasteiger partial charge on any atom is -0.481 e. The molecule has 0 aromatic heterocycles. The zero-order valence-electron chi connectivity index (χ0n) is 12.7. The molecule has 0 aromatic carbocycles. The fraction of sp³-hybridized carbons (Fsp3) is 0.867. The van der Waals surface area contributed by atoms with Gasteiger partial charge in [-0.15, -0.1) is 0 Å². The summed E-state index contributed by atoms with van der Waals surface area (Å²) in [5.74, 6) is -0.344. The number of hydrogen-bond donors (Lipinski definition) is 2. The van der Waals surface area contributed by atoms with Crippen LogP contribution in [0.25, 0.3) is 0 Å². The molecular weight excluding hydrogens is 256 g/mol. The number of amides is 1. The molecule has 1 heterocycles. The number of nitrogens with zero attached hydrogens (tertiary/aromatic N) is 1. The number of carboxylic acids is 1.